The Hall–Kier alpha value is -2.97. The number of sulfonamides is 1. The summed E-state index contributed by atoms with van der Waals surface area (Å²) in [6.45, 7) is 5.57. The van der Waals surface area contributed by atoms with Gasteiger partial charge >= 0.3 is 0 Å². The Kier molecular flexibility index (Phi) is 8.66. The minimum atomic E-state index is -3.78. The Balaban J connectivity index is 1.66. The lowest BCUT2D eigenvalue weighted by molar-refractivity contribution is 0.0373. The molecule has 2 N–H and O–H groups in total. The van der Waals surface area contributed by atoms with Crippen LogP contribution in [0.25, 0.3) is 0 Å². The third kappa shape index (κ3) is 6.44. The summed E-state index contributed by atoms with van der Waals surface area (Å²) in [7, 11) is -2.28. The Labute approximate surface area is 230 Å². The molecule has 1 aliphatic heterocycles. The zero-order chi connectivity index (χ0) is 28.4. The lowest BCUT2D eigenvalue weighted by Crippen LogP contribution is -2.50. The van der Waals surface area contributed by atoms with Gasteiger partial charge in [0.15, 0.2) is 0 Å². The first-order chi connectivity index (χ1) is 18.4. The first-order valence-corrected chi connectivity index (χ1v) is 14.7. The van der Waals surface area contributed by atoms with Gasteiger partial charge in [-0.2, -0.15) is 4.31 Å². The molecule has 2 aromatic rings. The van der Waals surface area contributed by atoms with Crippen molar-refractivity contribution in [2.45, 2.75) is 69.1 Å². The van der Waals surface area contributed by atoms with Crippen molar-refractivity contribution in [3.8, 4) is 17.7 Å². The van der Waals surface area contributed by atoms with Gasteiger partial charge in [-0.05, 0) is 57.7 Å². The summed E-state index contributed by atoms with van der Waals surface area (Å²) in [6.07, 6.45) is 3.93. The van der Waals surface area contributed by atoms with Gasteiger partial charge in [-0.3, -0.25) is 4.79 Å². The number of likely N-dealkylation sites (N-methyl/N-ethyl adjacent to an activating group) is 1. The number of hydrogen-bond donors (Lipinski definition) is 2. The third-order valence-electron chi connectivity index (χ3n) is 7.56. The number of benzene rings is 1. The second-order valence-electron chi connectivity index (χ2n) is 10.8. The maximum Gasteiger partial charge on any atom is 0.259 e. The number of amides is 1. The van der Waals surface area contributed by atoms with E-state index in [2.05, 4.69) is 16.8 Å². The lowest BCUT2D eigenvalue weighted by atomic mass is 10.00. The van der Waals surface area contributed by atoms with Gasteiger partial charge in [-0.15, -0.1) is 0 Å². The fraction of sp³-hybridized carbons (Fsp3) is 0.517. The van der Waals surface area contributed by atoms with Crippen molar-refractivity contribution in [3.63, 3.8) is 0 Å². The molecule has 0 unspecified atom stereocenters. The first-order valence-electron chi connectivity index (χ1n) is 13.3. The van der Waals surface area contributed by atoms with Gasteiger partial charge in [0.25, 0.3) is 5.91 Å². The highest BCUT2D eigenvalue weighted by atomic mass is 32.2. The molecule has 9 nitrogen and oxygen atoms in total. The van der Waals surface area contributed by atoms with Crippen molar-refractivity contribution >= 4 is 15.9 Å². The van der Waals surface area contributed by atoms with Gasteiger partial charge in [0.2, 0.25) is 15.9 Å². The fourth-order valence-electron chi connectivity index (χ4n) is 4.90. The number of hydrogen-bond acceptors (Lipinski definition) is 7. The second kappa shape index (κ2) is 11.6. The van der Waals surface area contributed by atoms with Gasteiger partial charge in [0.1, 0.15) is 17.3 Å². The number of ether oxygens (including phenoxy) is 1. The molecule has 1 aromatic carbocycles. The van der Waals surface area contributed by atoms with Crippen molar-refractivity contribution in [1.29, 1.82) is 0 Å². The Morgan fingerprint density at radius 1 is 1.26 bits per heavy atom. The van der Waals surface area contributed by atoms with E-state index in [9.17, 15) is 23.4 Å². The Morgan fingerprint density at radius 2 is 1.92 bits per heavy atom. The molecule has 210 valence electrons. The normalized spacial score (nSPS) is 21.8. The Bertz CT molecular complexity index is 1360. The van der Waals surface area contributed by atoms with E-state index in [0.29, 0.717) is 18.4 Å². The van der Waals surface area contributed by atoms with E-state index in [4.69, 9.17) is 4.74 Å². The van der Waals surface area contributed by atoms with Crippen molar-refractivity contribution in [3.05, 3.63) is 53.2 Å². The van der Waals surface area contributed by atoms with E-state index in [1.165, 1.54) is 17.5 Å². The van der Waals surface area contributed by atoms with Crippen LogP contribution < -0.4 is 4.74 Å². The van der Waals surface area contributed by atoms with Crippen LogP contribution in [0.2, 0.25) is 0 Å². The summed E-state index contributed by atoms with van der Waals surface area (Å²) < 4.78 is 34.0. The molecule has 4 rings (SSSR count). The monoisotopic (exact) mass is 555 g/mol. The molecule has 0 bridgehead atoms. The van der Waals surface area contributed by atoms with E-state index in [0.717, 1.165) is 18.4 Å². The van der Waals surface area contributed by atoms with Gasteiger partial charge in [0, 0.05) is 31.3 Å². The summed E-state index contributed by atoms with van der Waals surface area (Å²) in [6, 6.07) is 7.77. The summed E-state index contributed by atoms with van der Waals surface area (Å²) >= 11 is 0. The number of aromatic nitrogens is 1. The van der Waals surface area contributed by atoms with Gasteiger partial charge < -0.3 is 19.8 Å². The van der Waals surface area contributed by atoms with Crippen LogP contribution in [0.5, 0.6) is 5.88 Å². The highest BCUT2D eigenvalue weighted by Gasteiger charge is 2.36. The van der Waals surface area contributed by atoms with Gasteiger partial charge in [-0.1, -0.05) is 36.5 Å². The van der Waals surface area contributed by atoms with Crippen molar-refractivity contribution in [1.82, 2.24) is 14.2 Å². The molecule has 10 heteroatoms. The zero-order valence-electron chi connectivity index (χ0n) is 22.9. The highest BCUT2D eigenvalue weighted by molar-refractivity contribution is 7.89. The summed E-state index contributed by atoms with van der Waals surface area (Å²) in [5, 5.41) is 20.5. The molecule has 2 aliphatic rings. The van der Waals surface area contributed by atoms with Crippen molar-refractivity contribution in [2.75, 3.05) is 26.7 Å². The number of carbonyl (C=O) groups excluding carboxylic acids is 1. The highest BCUT2D eigenvalue weighted by Crippen LogP contribution is 2.30. The summed E-state index contributed by atoms with van der Waals surface area (Å²) in [5.41, 5.74) is 0.574. The van der Waals surface area contributed by atoms with E-state index in [1.807, 2.05) is 13.8 Å². The zero-order valence-corrected chi connectivity index (χ0v) is 23.7. The predicted molar refractivity (Wildman–Crippen MR) is 147 cm³/mol. The molecule has 1 fully saturated rings. The Morgan fingerprint density at radius 3 is 2.56 bits per heavy atom. The van der Waals surface area contributed by atoms with Crippen LogP contribution >= 0.6 is 0 Å². The second-order valence-corrected chi connectivity index (χ2v) is 12.8. The quantitative estimate of drug-likeness (QED) is 0.526. The molecule has 1 saturated carbocycles. The van der Waals surface area contributed by atoms with Crippen LogP contribution in [-0.4, -0.2) is 83.2 Å². The number of rotatable bonds is 6. The number of fused-ring (bicyclic) bond motifs is 1. The molecule has 3 atom stereocenters. The SMILES string of the molecule is Cc1ccc(S(=O)(=O)N(C)C[C@@H]2Oc3ncc(C#CC4(O)CCCC4)cc3C(=O)N([C@@H](C)CO)C[C@@H]2C)cc1. The maximum absolute atomic E-state index is 13.6. The molecule has 1 amide bonds. The van der Waals surface area contributed by atoms with E-state index in [1.54, 1.807) is 42.2 Å². The lowest BCUT2D eigenvalue weighted by Gasteiger charge is -2.37. The van der Waals surface area contributed by atoms with Crippen molar-refractivity contribution in [2.24, 2.45) is 5.92 Å². The number of nitrogens with zero attached hydrogens (tertiary/aromatic N) is 3. The molecular formula is C29H37N3O6S. The van der Waals surface area contributed by atoms with Crippen LogP contribution in [0.15, 0.2) is 41.4 Å². The smallest absolute Gasteiger partial charge is 0.259 e. The van der Waals surface area contributed by atoms with Crippen LogP contribution in [0, 0.1) is 24.7 Å². The molecular weight excluding hydrogens is 518 g/mol. The van der Waals surface area contributed by atoms with Gasteiger partial charge in [-0.25, -0.2) is 13.4 Å². The van der Waals surface area contributed by atoms with Crippen LogP contribution in [-0.2, 0) is 10.0 Å². The number of aliphatic hydroxyl groups is 2. The fourth-order valence-corrected chi connectivity index (χ4v) is 6.09. The summed E-state index contributed by atoms with van der Waals surface area (Å²) in [4.78, 5) is 19.8. The average molecular weight is 556 g/mol. The third-order valence-corrected chi connectivity index (χ3v) is 9.40. The molecule has 1 aromatic heterocycles. The predicted octanol–water partition coefficient (Wildman–Crippen LogP) is 2.59. The molecule has 0 spiro atoms. The number of aliphatic hydroxyl groups excluding tert-OH is 1. The minimum absolute atomic E-state index is 0.0304. The first kappa shape index (κ1) is 29.0. The van der Waals surface area contributed by atoms with Crippen molar-refractivity contribution < 1.29 is 28.2 Å². The van der Waals surface area contributed by atoms with E-state index < -0.39 is 27.8 Å². The topological polar surface area (TPSA) is 120 Å². The van der Waals surface area contributed by atoms with E-state index >= 15 is 0 Å². The molecule has 0 radical (unpaired) electrons. The van der Waals surface area contributed by atoms with Crippen LogP contribution in [0.3, 0.4) is 0 Å². The van der Waals surface area contributed by atoms with Crippen LogP contribution in [0.1, 0.15) is 61.0 Å². The number of aryl methyl sites for hydroxylation is 1. The standard InChI is InChI=1S/C29H37N3O6S/c1-20-7-9-24(10-8-20)39(36,37)31(4)18-26-21(2)17-32(22(3)19-33)28(34)25-15-23(16-30-27(25)38-26)11-14-29(35)12-5-6-13-29/h7-10,15-16,21-22,26,33,35H,5-6,12-13,17-19H2,1-4H3/t21-,22-,26-/m0/s1. The van der Waals surface area contributed by atoms with Gasteiger partial charge in [0.05, 0.1) is 24.1 Å². The number of carbonyl (C=O) groups is 1. The van der Waals surface area contributed by atoms with E-state index in [-0.39, 0.29) is 47.9 Å². The number of pyridine rings is 1. The van der Waals surface area contributed by atoms with Crippen LogP contribution in [0.4, 0.5) is 0 Å². The molecule has 1 aliphatic carbocycles. The largest absolute Gasteiger partial charge is 0.472 e. The average Bonchev–Trinajstić information content (AvgIpc) is 3.35. The minimum Gasteiger partial charge on any atom is -0.472 e. The summed E-state index contributed by atoms with van der Waals surface area (Å²) in [5.74, 6) is 5.35. The molecule has 0 saturated heterocycles. The maximum atomic E-state index is 13.6. The molecule has 2 heterocycles. The molecule has 39 heavy (non-hydrogen) atoms.